The summed E-state index contributed by atoms with van der Waals surface area (Å²) < 4.78 is 11.4. The van der Waals surface area contributed by atoms with Gasteiger partial charge in [-0.05, 0) is 207 Å². The Balaban J connectivity index is 0.611. The average Bonchev–Trinajstić information content (AvgIpc) is 1.58. The van der Waals surface area contributed by atoms with Crippen molar-refractivity contribution in [3.63, 3.8) is 0 Å². The summed E-state index contributed by atoms with van der Waals surface area (Å²) in [5.41, 5.74) is 29.0. The lowest BCUT2D eigenvalue weighted by Crippen LogP contribution is -2.10. The second-order valence-corrected chi connectivity index (χ2v) is 28.3. The molecule has 16 aromatic carbocycles. The molecule has 5 nitrogen and oxygen atoms in total. The summed E-state index contributed by atoms with van der Waals surface area (Å²) in [6.45, 7) is 0. The van der Waals surface area contributed by atoms with Crippen molar-refractivity contribution >= 4 is 111 Å². The van der Waals surface area contributed by atoms with E-state index in [1.807, 2.05) is 23.5 Å². The summed E-state index contributed by atoms with van der Waals surface area (Å²) in [6, 6.07) is 146. The van der Waals surface area contributed by atoms with Crippen LogP contribution in [-0.4, -0.2) is 9.13 Å². The van der Waals surface area contributed by atoms with Gasteiger partial charge in [-0.3, -0.25) is 0 Å². The molecule has 0 aliphatic heterocycles. The van der Waals surface area contributed by atoms with Crippen LogP contribution >= 0.6 is 11.3 Å². The van der Waals surface area contributed by atoms with E-state index < -0.39 is 0 Å². The van der Waals surface area contributed by atoms with E-state index in [4.69, 9.17) is 4.42 Å². The number of rotatable bonds is 15. The minimum absolute atomic E-state index is 0.893. The highest BCUT2D eigenvalue weighted by Gasteiger charge is 2.22. The van der Waals surface area contributed by atoms with Crippen molar-refractivity contribution in [2.45, 2.75) is 0 Å². The normalized spacial score (nSPS) is 11.6. The number of benzene rings is 16. The van der Waals surface area contributed by atoms with E-state index in [1.165, 1.54) is 75.8 Å². The standard InChI is InChI=1S/C100H66N4OS/c1-4-18-67(19-5-1)69-34-47-78(48-35-69)101(79-49-36-70(37-50-79)68-20-6-2-7-21-68)80-51-38-72(39-52-80)77-46-60-95-91(65-77)87-26-10-13-31-93(87)103(95)83-53-40-71(41-54-83)76-24-16-25-84(64-76)104-94-32-14-11-27-88(94)92-66-85(59-61-96(92)104)102(82-57-44-75(45-58-82)99-63-62-98(106-99)74-22-8-3-9-23-74)81-55-42-73(43-56-81)86-29-17-30-90-89-28-12-15-33-97(89)105-100(86)90/h1-66H. The Kier molecular flexibility index (Phi) is 15.4. The van der Waals surface area contributed by atoms with Gasteiger partial charge >= 0.3 is 0 Å². The molecule has 0 saturated carbocycles. The third kappa shape index (κ3) is 11.1. The summed E-state index contributed by atoms with van der Waals surface area (Å²) in [5.74, 6) is 0. The first kappa shape index (κ1) is 62.0. The van der Waals surface area contributed by atoms with Gasteiger partial charge in [-0.25, -0.2) is 0 Å². The Hall–Kier alpha value is -13.8. The van der Waals surface area contributed by atoms with Crippen molar-refractivity contribution in [2.24, 2.45) is 0 Å². The molecule has 0 N–H and O–H groups in total. The van der Waals surface area contributed by atoms with Gasteiger partial charge in [0.1, 0.15) is 11.2 Å². The second kappa shape index (κ2) is 26.2. The number of hydrogen-bond donors (Lipinski definition) is 0. The molecule has 0 radical (unpaired) electrons. The van der Waals surface area contributed by atoms with E-state index in [9.17, 15) is 0 Å². The van der Waals surface area contributed by atoms with Gasteiger partial charge in [0.05, 0.1) is 22.1 Å². The lowest BCUT2D eigenvalue weighted by molar-refractivity contribution is 0.670. The predicted molar refractivity (Wildman–Crippen MR) is 448 cm³/mol. The van der Waals surface area contributed by atoms with Gasteiger partial charge in [0.15, 0.2) is 0 Å². The van der Waals surface area contributed by atoms with Crippen LogP contribution in [0.1, 0.15) is 0 Å². The van der Waals surface area contributed by atoms with Crippen molar-refractivity contribution < 1.29 is 4.42 Å². The third-order valence-electron chi connectivity index (χ3n) is 21.0. The first-order valence-corrected chi connectivity index (χ1v) is 36.9. The third-order valence-corrected chi connectivity index (χ3v) is 22.2. The van der Waals surface area contributed by atoms with E-state index in [0.29, 0.717) is 0 Å². The number of fused-ring (bicyclic) bond motifs is 9. The van der Waals surface area contributed by atoms with Gasteiger partial charge in [0, 0.05) is 93.1 Å². The lowest BCUT2D eigenvalue weighted by atomic mass is 10.0. The molecule has 0 fully saturated rings. The lowest BCUT2D eigenvalue weighted by Gasteiger charge is -2.26. The van der Waals surface area contributed by atoms with Gasteiger partial charge in [0.2, 0.25) is 0 Å². The number of anilines is 6. The summed E-state index contributed by atoms with van der Waals surface area (Å²) >= 11 is 1.82. The van der Waals surface area contributed by atoms with Gasteiger partial charge in [-0.15, -0.1) is 11.3 Å². The van der Waals surface area contributed by atoms with Crippen LogP contribution in [0.4, 0.5) is 34.1 Å². The molecular weight excluding hydrogens is 1310 g/mol. The number of nitrogens with zero attached hydrogens (tertiary/aromatic N) is 4. The molecule has 0 amide bonds. The zero-order valence-electron chi connectivity index (χ0n) is 57.7. The van der Waals surface area contributed by atoms with Crippen molar-refractivity contribution in [1.29, 1.82) is 0 Å². The van der Waals surface area contributed by atoms with E-state index in [1.54, 1.807) is 0 Å². The number of para-hydroxylation sites is 4. The minimum Gasteiger partial charge on any atom is -0.455 e. The number of aromatic nitrogens is 2. The molecule has 0 aliphatic carbocycles. The topological polar surface area (TPSA) is 29.5 Å². The first-order chi connectivity index (χ1) is 52.5. The number of hydrogen-bond acceptors (Lipinski definition) is 4. The van der Waals surface area contributed by atoms with Gasteiger partial charge < -0.3 is 23.4 Å². The van der Waals surface area contributed by atoms with E-state index in [2.05, 4.69) is 407 Å². The SMILES string of the molecule is c1ccc(-c2ccc(N(c3ccc(-c4ccccc4)cc3)c3ccc(-c4ccc5c(c4)c4ccccc4n5-c4ccc(-c5cccc(-n6c7ccccc7c7cc(N(c8ccc(-c9ccc(-c%10ccccc%10)s9)cc8)c8ccc(-c9cccc%10c9oc9ccccc9%10)cc8)ccc76)c5)cc4)cc3)cc2)cc1. The summed E-state index contributed by atoms with van der Waals surface area (Å²) in [6.07, 6.45) is 0. The Morgan fingerprint density at radius 1 is 0.208 bits per heavy atom. The Morgan fingerprint density at radius 2 is 0.566 bits per heavy atom. The molecule has 106 heavy (non-hydrogen) atoms. The average molecular weight is 1370 g/mol. The molecule has 6 heteroatoms. The smallest absolute Gasteiger partial charge is 0.143 e. The zero-order chi connectivity index (χ0) is 70.0. The summed E-state index contributed by atoms with van der Waals surface area (Å²) in [7, 11) is 0. The van der Waals surface area contributed by atoms with Crippen LogP contribution in [0.3, 0.4) is 0 Å². The predicted octanol–water partition coefficient (Wildman–Crippen LogP) is 28.5. The molecule has 0 aliphatic rings. The van der Waals surface area contributed by atoms with Crippen molar-refractivity contribution in [3.05, 3.63) is 400 Å². The first-order valence-electron chi connectivity index (χ1n) is 36.1. The van der Waals surface area contributed by atoms with Crippen LogP contribution in [0.25, 0.3) is 153 Å². The fourth-order valence-corrected chi connectivity index (χ4v) is 16.8. The Morgan fingerprint density at radius 3 is 1.13 bits per heavy atom. The number of thiophene rings is 1. The van der Waals surface area contributed by atoms with Crippen molar-refractivity contribution in [1.82, 2.24) is 9.13 Å². The van der Waals surface area contributed by atoms with Crippen LogP contribution in [0.2, 0.25) is 0 Å². The molecule has 4 heterocycles. The molecule has 0 atom stereocenters. The zero-order valence-corrected chi connectivity index (χ0v) is 58.5. The molecule has 0 bridgehead atoms. The molecule has 20 aromatic rings. The Bertz CT molecular complexity index is 6550. The highest BCUT2D eigenvalue weighted by atomic mass is 32.1. The largest absolute Gasteiger partial charge is 0.455 e. The molecule has 4 aromatic heterocycles. The maximum atomic E-state index is 6.54. The van der Waals surface area contributed by atoms with E-state index >= 15 is 0 Å². The molecular formula is C100H66N4OS. The highest BCUT2D eigenvalue weighted by molar-refractivity contribution is 7.18. The van der Waals surface area contributed by atoms with Crippen molar-refractivity contribution in [3.8, 4) is 87.9 Å². The highest BCUT2D eigenvalue weighted by Crippen LogP contribution is 2.46. The Labute approximate surface area is 618 Å². The van der Waals surface area contributed by atoms with Crippen LogP contribution in [0.5, 0.6) is 0 Å². The van der Waals surface area contributed by atoms with Gasteiger partial charge in [0.25, 0.3) is 0 Å². The fourth-order valence-electron chi connectivity index (χ4n) is 15.8. The maximum Gasteiger partial charge on any atom is 0.143 e. The summed E-state index contributed by atoms with van der Waals surface area (Å²) in [5, 5.41) is 7.03. The molecule has 498 valence electrons. The molecule has 20 rings (SSSR count). The van der Waals surface area contributed by atoms with Gasteiger partial charge in [-0.1, -0.05) is 255 Å². The number of furan rings is 1. The van der Waals surface area contributed by atoms with Crippen LogP contribution < -0.4 is 9.80 Å². The summed E-state index contributed by atoms with van der Waals surface area (Å²) in [4.78, 5) is 7.23. The van der Waals surface area contributed by atoms with Crippen LogP contribution in [0, 0.1) is 0 Å². The molecule has 0 spiro atoms. The van der Waals surface area contributed by atoms with Crippen LogP contribution in [-0.2, 0) is 0 Å². The molecule has 0 unspecified atom stereocenters. The molecule has 0 saturated heterocycles. The van der Waals surface area contributed by atoms with Crippen LogP contribution in [0.15, 0.2) is 405 Å². The second-order valence-electron chi connectivity index (χ2n) is 27.2. The van der Waals surface area contributed by atoms with E-state index in [-0.39, 0.29) is 0 Å². The van der Waals surface area contributed by atoms with Crippen molar-refractivity contribution in [2.75, 3.05) is 9.80 Å². The quantitative estimate of drug-likeness (QED) is 0.102. The fraction of sp³-hybridized carbons (Fsp3) is 0. The minimum atomic E-state index is 0.893. The van der Waals surface area contributed by atoms with Gasteiger partial charge in [-0.2, -0.15) is 0 Å². The monoisotopic (exact) mass is 1370 g/mol. The van der Waals surface area contributed by atoms with E-state index in [0.717, 1.165) is 112 Å². The maximum absolute atomic E-state index is 6.54.